The van der Waals surface area contributed by atoms with Crippen LogP contribution < -0.4 is 11.1 Å². The maximum absolute atomic E-state index is 10.2. The number of amides is 2. The number of carbonyl (C=O) groups excluding carboxylic acids is 1. The molecule has 0 bridgehead atoms. The summed E-state index contributed by atoms with van der Waals surface area (Å²) >= 11 is 0. The Kier molecular flexibility index (Phi) is 1.86. The molecule has 11 heavy (non-hydrogen) atoms. The number of nitrogens with zero attached hydrogens (tertiary/aromatic N) is 1. The van der Waals surface area contributed by atoms with Crippen molar-refractivity contribution >= 4 is 11.9 Å². The van der Waals surface area contributed by atoms with E-state index in [1.807, 2.05) is 0 Å². The SMILES string of the molecule is N=C(NC(N)=O)c1ccn[nH]1. The number of rotatable bonds is 1. The molecular formula is C5H7N5O. The third-order valence-corrected chi connectivity index (χ3v) is 1.02. The van der Waals surface area contributed by atoms with Crippen LogP contribution in [0, 0.1) is 5.41 Å². The molecule has 0 radical (unpaired) electrons. The number of hydrogen-bond acceptors (Lipinski definition) is 3. The largest absolute Gasteiger partial charge is 0.351 e. The van der Waals surface area contributed by atoms with Gasteiger partial charge in [0.1, 0.15) is 0 Å². The molecule has 2 amide bonds. The Balaban J connectivity index is 2.64. The third-order valence-electron chi connectivity index (χ3n) is 1.02. The first-order valence-electron chi connectivity index (χ1n) is 2.85. The maximum atomic E-state index is 10.2. The lowest BCUT2D eigenvalue weighted by molar-refractivity contribution is 0.253. The van der Waals surface area contributed by atoms with E-state index in [9.17, 15) is 4.79 Å². The van der Waals surface area contributed by atoms with Crippen molar-refractivity contribution in [3.63, 3.8) is 0 Å². The molecule has 0 spiro atoms. The second kappa shape index (κ2) is 2.82. The van der Waals surface area contributed by atoms with Crippen LogP contribution in [0.25, 0.3) is 0 Å². The predicted molar refractivity (Wildman–Crippen MR) is 38.1 cm³/mol. The van der Waals surface area contributed by atoms with E-state index in [2.05, 4.69) is 15.5 Å². The minimum absolute atomic E-state index is 0.0880. The van der Waals surface area contributed by atoms with Crippen LogP contribution in [0.15, 0.2) is 12.3 Å². The normalized spacial score (nSPS) is 9.09. The highest BCUT2D eigenvalue weighted by atomic mass is 16.2. The minimum Gasteiger partial charge on any atom is -0.351 e. The Hall–Kier alpha value is -1.85. The first kappa shape index (κ1) is 7.26. The Labute approximate surface area is 62.3 Å². The molecule has 6 nitrogen and oxygen atoms in total. The van der Waals surface area contributed by atoms with Gasteiger partial charge in [-0.05, 0) is 6.07 Å². The molecule has 0 saturated carbocycles. The summed E-state index contributed by atoms with van der Waals surface area (Å²) in [5.41, 5.74) is 5.19. The number of amidine groups is 1. The van der Waals surface area contributed by atoms with Crippen LogP contribution >= 0.6 is 0 Å². The molecule has 0 aliphatic heterocycles. The van der Waals surface area contributed by atoms with E-state index in [1.165, 1.54) is 6.20 Å². The van der Waals surface area contributed by atoms with Gasteiger partial charge in [-0.25, -0.2) is 4.79 Å². The number of carbonyl (C=O) groups is 1. The van der Waals surface area contributed by atoms with E-state index < -0.39 is 6.03 Å². The summed E-state index contributed by atoms with van der Waals surface area (Å²) in [6, 6.07) is 0.794. The van der Waals surface area contributed by atoms with E-state index in [0.29, 0.717) is 5.69 Å². The second-order valence-electron chi connectivity index (χ2n) is 1.83. The number of primary amides is 1. The molecule has 0 fully saturated rings. The standard InChI is InChI=1S/C5H7N5O/c6-4(9-5(7)11)3-1-2-8-10-3/h1-2H,(H,8,10)(H4,6,7,9,11). The van der Waals surface area contributed by atoms with Crippen LogP contribution in [0.3, 0.4) is 0 Å². The zero-order valence-electron chi connectivity index (χ0n) is 5.59. The molecular weight excluding hydrogens is 146 g/mol. The van der Waals surface area contributed by atoms with Gasteiger partial charge in [-0.15, -0.1) is 0 Å². The average Bonchev–Trinajstić information content (AvgIpc) is 2.35. The van der Waals surface area contributed by atoms with Gasteiger partial charge in [0, 0.05) is 6.20 Å². The zero-order valence-corrected chi connectivity index (χ0v) is 5.59. The van der Waals surface area contributed by atoms with Crippen LogP contribution in [0.2, 0.25) is 0 Å². The highest BCUT2D eigenvalue weighted by molar-refractivity contribution is 6.04. The fraction of sp³-hybridized carbons (Fsp3) is 0. The van der Waals surface area contributed by atoms with Gasteiger partial charge in [0.2, 0.25) is 0 Å². The summed E-state index contributed by atoms with van der Waals surface area (Å²) in [5, 5.41) is 15.4. The summed E-state index contributed by atoms with van der Waals surface area (Å²) in [6.45, 7) is 0. The van der Waals surface area contributed by atoms with Crippen molar-refractivity contribution in [3.8, 4) is 0 Å². The van der Waals surface area contributed by atoms with Gasteiger partial charge in [-0.1, -0.05) is 0 Å². The number of hydrogen-bond donors (Lipinski definition) is 4. The summed E-state index contributed by atoms with van der Waals surface area (Å²) < 4.78 is 0. The van der Waals surface area contributed by atoms with Crippen molar-refractivity contribution in [2.24, 2.45) is 5.73 Å². The van der Waals surface area contributed by atoms with Crippen LogP contribution in [0.4, 0.5) is 4.79 Å². The average molecular weight is 153 g/mol. The first-order valence-corrected chi connectivity index (χ1v) is 2.85. The number of H-pyrrole nitrogens is 1. The molecule has 1 heterocycles. The lowest BCUT2D eigenvalue weighted by Gasteiger charge is -1.98. The molecule has 0 aliphatic rings. The van der Waals surface area contributed by atoms with Crippen molar-refractivity contribution in [1.29, 1.82) is 5.41 Å². The molecule has 0 atom stereocenters. The highest BCUT2D eigenvalue weighted by Crippen LogP contribution is 1.89. The molecule has 0 aromatic carbocycles. The van der Waals surface area contributed by atoms with Gasteiger partial charge < -0.3 is 5.73 Å². The molecule has 0 saturated heterocycles. The van der Waals surface area contributed by atoms with E-state index in [0.717, 1.165) is 0 Å². The molecule has 0 unspecified atom stereocenters. The fourth-order valence-electron chi connectivity index (χ4n) is 0.586. The molecule has 1 aromatic heterocycles. The van der Waals surface area contributed by atoms with E-state index in [-0.39, 0.29) is 5.84 Å². The molecule has 1 aromatic rings. The van der Waals surface area contributed by atoms with Crippen molar-refractivity contribution in [2.45, 2.75) is 0 Å². The van der Waals surface area contributed by atoms with Gasteiger partial charge in [0.15, 0.2) is 5.84 Å². The monoisotopic (exact) mass is 153 g/mol. The van der Waals surface area contributed by atoms with Crippen molar-refractivity contribution < 1.29 is 4.79 Å². The number of urea groups is 1. The zero-order chi connectivity index (χ0) is 8.27. The van der Waals surface area contributed by atoms with Crippen LogP contribution in [0.1, 0.15) is 5.69 Å². The summed E-state index contributed by atoms with van der Waals surface area (Å²) in [7, 11) is 0. The lowest BCUT2D eigenvalue weighted by atomic mass is 10.4. The Morgan fingerprint density at radius 3 is 3.00 bits per heavy atom. The molecule has 6 heteroatoms. The molecule has 0 aliphatic carbocycles. The van der Waals surface area contributed by atoms with Crippen LogP contribution in [-0.4, -0.2) is 22.1 Å². The van der Waals surface area contributed by atoms with E-state index >= 15 is 0 Å². The predicted octanol–water partition coefficient (Wildman–Crippen LogP) is -0.597. The number of nitrogens with one attached hydrogen (secondary N) is 3. The summed E-state index contributed by atoms with van der Waals surface area (Å²) in [4.78, 5) is 10.2. The Bertz CT molecular complexity index is 264. The van der Waals surface area contributed by atoms with Crippen LogP contribution in [-0.2, 0) is 0 Å². The Morgan fingerprint density at radius 2 is 2.55 bits per heavy atom. The molecule has 58 valence electrons. The Morgan fingerprint density at radius 1 is 1.82 bits per heavy atom. The van der Waals surface area contributed by atoms with Gasteiger partial charge >= 0.3 is 6.03 Å². The van der Waals surface area contributed by atoms with Gasteiger partial charge in [0.25, 0.3) is 0 Å². The van der Waals surface area contributed by atoms with Crippen molar-refractivity contribution in [2.75, 3.05) is 0 Å². The van der Waals surface area contributed by atoms with Crippen molar-refractivity contribution in [3.05, 3.63) is 18.0 Å². The van der Waals surface area contributed by atoms with E-state index in [4.69, 9.17) is 11.1 Å². The minimum atomic E-state index is -0.760. The van der Waals surface area contributed by atoms with Crippen LogP contribution in [0.5, 0.6) is 0 Å². The first-order chi connectivity index (χ1) is 5.20. The number of aromatic amines is 1. The highest BCUT2D eigenvalue weighted by Gasteiger charge is 2.02. The van der Waals surface area contributed by atoms with Gasteiger partial charge in [-0.3, -0.25) is 15.8 Å². The third kappa shape index (κ3) is 1.78. The smallest absolute Gasteiger partial charge is 0.317 e. The van der Waals surface area contributed by atoms with Crippen molar-refractivity contribution in [1.82, 2.24) is 15.5 Å². The quantitative estimate of drug-likeness (QED) is 0.319. The summed E-state index contributed by atoms with van der Waals surface area (Å²) in [6.07, 6.45) is 1.48. The molecule has 5 N–H and O–H groups in total. The number of nitrogens with two attached hydrogens (primary N) is 1. The molecule has 1 rings (SSSR count). The number of aromatic nitrogens is 2. The van der Waals surface area contributed by atoms with Gasteiger partial charge in [0.05, 0.1) is 5.69 Å². The second-order valence-corrected chi connectivity index (χ2v) is 1.83. The van der Waals surface area contributed by atoms with E-state index in [1.54, 1.807) is 6.07 Å². The summed E-state index contributed by atoms with van der Waals surface area (Å²) in [5.74, 6) is -0.0880. The van der Waals surface area contributed by atoms with Gasteiger partial charge in [-0.2, -0.15) is 5.10 Å². The topological polar surface area (TPSA) is 108 Å². The fourth-order valence-corrected chi connectivity index (χ4v) is 0.586. The maximum Gasteiger partial charge on any atom is 0.317 e. The lowest BCUT2D eigenvalue weighted by Crippen LogP contribution is -2.35.